The number of rotatable bonds is 3. The molecule has 0 aromatic heterocycles. The Balaban J connectivity index is 1.70. The number of amides is 1. The van der Waals surface area contributed by atoms with Gasteiger partial charge in [-0.1, -0.05) is 93.6 Å². The van der Waals surface area contributed by atoms with Crippen LogP contribution in [-0.2, 0) is 15.0 Å². The van der Waals surface area contributed by atoms with Crippen molar-refractivity contribution in [3.05, 3.63) is 107 Å². The van der Waals surface area contributed by atoms with Gasteiger partial charge in [-0.15, -0.1) is 0 Å². The van der Waals surface area contributed by atoms with Crippen molar-refractivity contribution in [3.8, 4) is 0 Å². The number of carbonyl (C=O) groups excluding carboxylic acids is 3. The number of Topliss-reactive ketones (excluding diaryl/α,β-unsaturated/α-hetero) is 2. The molecule has 1 spiro atoms. The fraction of sp³-hybridized carbons (Fsp3) is 0.258. The van der Waals surface area contributed by atoms with Crippen molar-refractivity contribution in [2.45, 2.75) is 38.3 Å². The number of nitrogens with one attached hydrogen (secondary N) is 1. The van der Waals surface area contributed by atoms with Crippen LogP contribution in [0.4, 0.5) is 5.69 Å². The zero-order valence-corrected chi connectivity index (χ0v) is 20.6. The first kappa shape index (κ1) is 22.5. The van der Waals surface area contributed by atoms with E-state index in [0.29, 0.717) is 11.3 Å². The minimum atomic E-state index is -1.27. The summed E-state index contributed by atoms with van der Waals surface area (Å²) in [5, 5.41) is 3.08. The summed E-state index contributed by atoms with van der Waals surface area (Å²) in [6.07, 6.45) is 3.89. The smallest absolute Gasteiger partial charge is 0.238 e. The van der Waals surface area contributed by atoms with Crippen molar-refractivity contribution in [1.82, 2.24) is 4.90 Å². The topological polar surface area (TPSA) is 66.5 Å². The molecule has 1 fully saturated rings. The highest BCUT2D eigenvalue weighted by molar-refractivity contribution is 6.15. The molecule has 3 aliphatic heterocycles. The summed E-state index contributed by atoms with van der Waals surface area (Å²) in [5.74, 6) is -1.39. The van der Waals surface area contributed by atoms with Gasteiger partial charge in [0.1, 0.15) is 5.41 Å². The molecule has 0 saturated carbocycles. The van der Waals surface area contributed by atoms with E-state index in [9.17, 15) is 14.4 Å². The number of nitrogens with zero attached hydrogens (tertiary/aromatic N) is 1. The second-order valence-electron chi connectivity index (χ2n) is 10.9. The van der Waals surface area contributed by atoms with Gasteiger partial charge in [-0.05, 0) is 28.8 Å². The second-order valence-corrected chi connectivity index (χ2v) is 10.9. The van der Waals surface area contributed by atoms with Gasteiger partial charge in [0.2, 0.25) is 5.91 Å². The molecule has 1 amide bonds. The van der Waals surface area contributed by atoms with Crippen LogP contribution in [0.5, 0.6) is 0 Å². The summed E-state index contributed by atoms with van der Waals surface area (Å²) in [5.41, 5.74) is 1.93. The molecule has 5 nitrogen and oxygen atoms in total. The van der Waals surface area contributed by atoms with Crippen LogP contribution >= 0.6 is 0 Å². The summed E-state index contributed by atoms with van der Waals surface area (Å²) in [6.45, 7) is 5.64. The maximum atomic E-state index is 14.5. The van der Waals surface area contributed by atoms with E-state index in [2.05, 4.69) is 5.32 Å². The Bertz CT molecular complexity index is 1440. The molecular weight excluding hydrogens is 448 g/mol. The van der Waals surface area contributed by atoms with Crippen molar-refractivity contribution >= 4 is 29.2 Å². The first-order chi connectivity index (χ1) is 17.3. The molecule has 0 aliphatic carbocycles. The molecule has 3 aliphatic rings. The van der Waals surface area contributed by atoms with Crippen LogP contribution in [0, 0.1) is 11.3 Å². The largest absolute Gasteiger partial charge is 0.358 e. The Labute approximate surface area is 210 Å². The maximum Gasteiger partial charge on any atom is 0.238 e. The Morgan fingerprint density at radius 3 is 2.31 bits per heavy atom. The van der Waals surface area contributed by atoms with E-state index in [-0.39, 0.29) is 17.5 Å². The summed E-state index contributed by atoms with van der Waals surface area (Å²) in [6, 6.07) is 23.3. The van der Waals surface area contributed by atoms with E-state index in [1.165, 1.54) is 0 Å². The molecular formula is C31H28N2O3. The average molecular weight is 477 g/mol. The minimum absolute atomic E-state index is 0.0557. The van der Waals surface area contributed by atoms with Crippen LogP contribution in [0.2, 0.25) is 0 Å². The third kappa shape index (κ3) is 2.92. The number of para-hydroxylation sites is 1. The van der Waals surface area contributed by atoms with Crippen molar-refractivity contribution in [2.24, 2.45) is 11.3 Å². The van der Waals surface area contributed by atoms with Gasteiger partial charge in [-0.25, -0.2) is 0 Å². The molecule has 6 rings (SSSR count). The normalized spacial score (nSPS) is 25.8. The molecule has 3 aromatic rings. The molecule has 5 heteroatoms. The summed E-state index contributed by atoms with van der Waals surface area (Å²) >= 11 is 0. The van der Waals surface area contributed by atoms with Crippen LogP contribution in [0.25, 0.3) is 6.08 Å². The summed E-state index contributed by atoms with van der Waals surface area (Å²) in [4.78, 5) is 44.9. The average Bonchev–Trinajstić information content (AvgIpc) is 3.35. The number of carbonyl (C=O) groups is 3. The van der Waals surface area contributed by atoms with Crippen molar-refractivity contribution in [3.63, 3.8) is 0 Å². The number of anilines is 1. The van der Waals surface area contributed by atoms with Gasteiger partial charge in [0.15, 0.2) is 11.6 Å². The summed E-state index contributed by atoms with van der Waals surface area (Å²) in [7, 11) is 0. The molecule has 1 saturated heterocycles. The second kappa shape index (κ2) is 7.76. The van der Waals surface area contributed by atoms with E-state index in [4.69, 9.17) is 0 Å². The van der Waals surface area contributed by atoms with E-state index >= 15 is 0 Å². The number of benzene rings is 3. The first-order valence-electron chi connectivity index (χ1n) is 12.4. The van der Waals surface area contributed by atoms with Crippen molar-refractivity contribution < 1.29 is 14.4 Å². The van der Waals surface area contributed by atoms with Crippen LogP contribution in [-0.4, -0.2) is 28.4 Å². The van der Waals surface area contributed by atoms with E-state index < -0.39 is 28.8 Å². The Morgan fingerprint density at radius 2 is 1.56 bits per heavy atom. The third-order valence-corrected chi connectivity index (χ3v) is 7.92. The lowest BCUT2D eigenvalue weighted by Crippen LogP contribution is -2.50. The van der Waals surface area contributed by atoms with Crippen LogP contribution < -0.4 is 5.32 Å². The maximum absolute atomic E-state index is 14.5. The minimum Gasteiger partial charge on any atom is -0.358 e. The standard InChI is InChI=1S/C31H28N2O3/c1-30(2,3)28(35)25-24(26(34)20-12-5-4-6-13-20)31(22-15-9-10-16-23(22)32-29(31)36)27-21-14-8-7-11-19(21)17-18-33(25)27/h4-18,24-25,27H,1-3H3,(H,32,36). The Kier molecular flexibility index (Phi) is 4.84. The zero-order valence-electron chi connectivity index (χ0n) is 20.6. The molecule has 4 atom stereocenters. The highest BCUT2D eigenvalue weighted by Gasteiger charge is 2.71. The lowest BCUT2D eigenvalue weighted by Gasteiger charge is -2.38. The SMILES string of the molecule is CC(C)(C)C(=O)C1C(C(=O)c2ccccc2)C2(C(=O)Nc3ccccc32)C2c3ccccc3C=CN12. The monoisotopic (exact) mass is 476 g/mol. The predicted molar refractivity (Wildman–Crippen MR) is 139 cm³/mol. The molecule has 0 radical (unpaired) electrons. The van der Waals surface area contributed by atoms with E-state index in [1.54, 1.807) is 12.1 Å². The molecule has 180 valence electrons. The van der Waals surface area contributed by atoms with Gasteiger partial charge in [-0.3, -0.25) is 14.4 Å². The van der Waals surface area contributed by atoms with Gasteiger partial charge in [-0.2, -0.15) is 0 Å². The van der Waals surface area contributed by atoms with Gasteiger partial charge < -0.3 is 10.2 Å². The molecule has 36 heavy (non-hydrogen) atoms. The molecule has 3 aromatic carbocycles. The first-order valence-corrected chi connectivity index (χ1v) is 12.4. The fourth-order valence-corrected chi connectivity index (χ4v) is 6.39. The predicted octanol–water partition coefficient (Wildman–Crippen LogP) is 5.40. The third-order valence-electron chi connectivity index (χ3n) is 7.92. The van der Waals surface area contributed by atoms with Crippen molar-refractivity contribution in [1.29, 1.82) is 0 Å². The summed E-state index contributed by atoms with van der Waals surface area (Å²) < 4.78 is 0. The van der Waals surface area contributed by atoms with E-state index in [0.717, 1.165) is 16.7 Å². The number of hydrogen-bond acceptors (Lipinski definition) is 4. The molecule has 1 N–H and O–H groups in total. The van der Waals surface area contributed by atoms with Gasteiger partial charge >= 0.3 is 0 Å². The van der Waals surface area contributed by atoms with Gasteiger partial charge in [0.05, 0.1) is 18.0 Å². The van der Waals surface area contributed by atoms with E-state index in [1.807, 2.05) is 105 Å². The lowest BCUT2D eigenvalue weighted by molar-refractivity contribution is -0.131. The van der Waals surface area contributed by atoms with Crippen LogP contribution in [0.3, 0.4) is 0 Å². The van der Waals surface area contributed by atoms with Gasteiger partial charge in [0.25, 0.3) is 0 Å². The lowest BCUT2D eigenvalue weighted by atomic mass is 9.62. The molecule has 4 unspecified atom stereocenters. The number of hydrogen-bond donors (Lipinski definition) is 1. The number of ketones is 2. The zero-order chi connectivity index (χ0) is 25.2. The number of fused-ring (bicyclic) bond motifs is 6. The van der Waals surface area contributed by atoms with Crippen LogP contribution in [0.1, 0.15) is 53.9 Å². The van der Waals surface area contributed by atoms with Gasteiger partial charge in [0, 0.05) is 22.9 Å². The molecule has 3 heterocycles. The Morgan fingerprint density at radius 1 is 0.889 bits per heavy atom. The highest BCUT2D eigenvalue weighted by atomic mass is 16.2. The highest BCUT2D eigenvalue weighted by Crippen LogP contribution is 2.62. The van der Waals surface area contributed by atoms with Crippen LogP contribution in [0.15, 0.2) is 85.1 Å². The van der Waals surface area contributed by atoms with Crippen molar-refractivity contribution in [2.75, 3.05) is 5.32 Å². The Hall–Kier alpha value is -3.99. The molecule has 0 bridgehead atoms. The fourth-order valence-electron chi connectivity index (χ4n) is 6.39. The quantitative estimate of drug-likeness (QED) is 0.514.